The summed E-state index contributed by atoms with van der Waals surface area (Å²) in [4.78, 5) is 8.55. The van der Waals surface area contributed by atoms with Gasteiger partial charge in [0.15, 0.2) is 4.96 Å². The summed E-state index contributed by atoms with van der Waals surface area (Å²) in [6, 6.07) is 0.688. The van der Waals surface area contributed by atoms with Crippen LogP contribution in [0, 0.1) is 5.92 Å². The van der Waals surface area contributed by atoms with Crippen molar-refractivity contribution in [3.8, 4) is 0 Å². The fraction of sp³-hybridized carbons (Fsp3) is 0.688. The highest BCUT2D eigenvalue weighted by Gasteiger charge is 2.41. The number of nitrogens with one attached hydrogen (secondary N) is 1. The molecule has 1 aliphatic carbocycles. The normalized spacial score (nSPS) is 31.0. The maximum atomic E-state index is 4.77. The van der Waals surface area contributed by atoms with E-state index in [1.807, 2.05) is 0 Å². The Kier molecular flexibility index (Phi) is 3.32. The summed E-state index contributed by atoms with van der Waals surface area (Å²) >= 11 is 1.71. The Balaban J connectivity index is 1.55. The van der Waals surface area contributed by atoms with Crippen LogP contribution < -0.4 is 5.32 Å². The Morgan fingerprint density at radius 1 is 1.48 bits per heavy atom. The van der Waals surface area contributed by atoms with Gasteiger partial charge in [-0.05, 0) is 32.1 Å². The molecule has 21 heavy (non-hydrogen) atoms. The van der Waals surface area contributed by atoms with Gasteiger partial charge in [-0.3, -0.25) is 9.30 Å². The molecule has 1 saturated carbocycles. The molecule has 1 N–H and O–H groups in total. The monoisotopic (exact) mass is 304 g/mol. The Morgan fingerprint density at radius 3 is 3.05 bits per heavy atom. The van der Waals surface area contributed by atoms with Crippen molar-refractivity contribution in [2.45, 2.75) is 51.2 Å². The molecule has 1 aliphatic heterocycles. The lowest BCUT2D eigenvalue weighted by atomic mass is 9.91. The van der Waals surface area contributed by atoms with Crippen molar-refractivity contribution in [2.24, 2.45) is 5.92 Å². The molecule has 2 fully saturated rings. The first kappa shape index (κ1) is 13.7. The summed E-state index contributed by atoms with van der Waals surface area (Å²) in [7, 11) is 0. The largest absolute Gasteiger partial charge is 0.311 e. The third-order valence-corrected chi connectivity index (χ3v) is 6.15. The van der Waals surface area contributed by atoms with Crippen molar-refractivity contribution in [2.75, 3.05) is 13.1 Å². The van der Waals surface area contributed by atoms with E-state index in [1.165, 1.54) is 31.5 Å². The van der Waals surface area contributed by atoms with Crippen LogP contribution in [0.4, 0.5) is 0 Å². The van der Waals surface area contributed by atoms with Gasteiger partial charge in [0, 0.05) is 49.0 Å². The molecule has 1 saturated heterocycles. The summed E-state index contributed by atoms with van der Waals surface area (Å²) < 4.78 is 2.14. The van der Waals surface area contributed by atoms with Crippen molar-refractivity contribution >= 4 is 16.3 Å². The van der Waals surface area contributed by atoms with Crippen LogP contribution in [0.15, 0.2) is 17.8 Å². The van der Waals surface area contributed by atoms with Crippen LogP contribution in [0.2, 0.25) is 0 Å². The zero-order valence-electron chi connectivity index (χ0n) is 12.9. The van der Waals surface area contributed by atoms with Crippen molar-refractivity contribution in [3.05, 3.63) is 23.5 Å². The molecule has 2 aromatic heterocycles. The molecule has 2 unspecified atom stereocenters. The average molecular weight is 304 g/mol. The van der Waals surface area contributed by atoms with E-state index in [0.29, 0.717) is 6.04 Å². The second kappa shape index (κ2) is 5.07. The van der Waals surface area contributed by atoms with Gasteiger partial charge in [-0.15, -0.1) is 11.3 Å². The standard InChI is InChI=1S/C16H24N4S/c1-3-16(2)11-17-14(12-4-5-12)10-20(16)9-13-8-19-6-7-21-15(19)18-13/h6-8,12,14,17H,3-5,9-11H2,1-2H3. The van der Waals surface area contributed by atoms with Crippen LogP contribution in [0.5, 0.6) is 0 Å². The fourth-order valence-electron chi connectivity index (χ4n) is 3.45. The number of hydrogen-bond acceptors (Lipinski definition) is 4. The number of imidazole rings is 1. The molecule has 2 atom stereocenters. The van der Waals surface area contributed by atoms with E-state index >= 15 is 0 Å². The molecule has 0 bridgehead atoms. The molecule has 114 valence electrons. The van der Waals surface area contributed by atoms with E-state index in [2.05, 4.69) is 46.2 Å². The van der Waals surface area contributed by atoms with Gasteiger partial charge in [-0.1, -0.05) is 6.92 Å². The molecular formula is C16H24N4S. The van der Waals surface area contributed by atoms with Gasteiger partial charge in [0.1, 0.15) is 0 Å². The minimum Gasteiger partial charge on any atom is -0.311 e. The lowest BCUT2D eigenvalue weighted by molar-refractivity contribution is 0.0360. The Labute approximate surface area is 130 Å². The quantitative estimate of drug-likeness (QED) is 0.943. The molecule has 5 heteroatoms. The molecular weight excluding hydrogens is 280 g/mol. The maximum absolute atomic E-state index is 4.77. The van der Waals surface area contributed by atoms with Crippen LogP contribution >= 0.6 is 11.3 Å². The number of thiazole rings is 1. The zero-order valence-corrected chi connectivity index (χ0v) is 13.7. The Hall–Kier alpha value is -0.910. The van der Waals surface area contributed by atoms with E-state index in [-0.39, 0.29) is 5.54 Å². The second-order valence-electron chi connectivity index (χ2n) is 6.88. The summed E-state index contributed by atoms with van der Waals surface area (Å²) in [5.74, 6) is 0.916. The summed E-state index contributed by atoms with van der Waals surface area (Å²) in [6.07, 6.45) is 8.29. The van der Waals surface area contributed by atoms with E-state index in [0.717, 1.165) is 24.0 Å². The highest BCUT2D eigenvalue weighted by molar-refractivity contribution is 7.15. The number of hydrogen-bond donors (Lipinski definition) is 1. The van der Waals surface area contributed by atoms with Gasteiger partial charge in [0.25, 0.3) is 0 Å². The molecule has 2 aliphatic rings. The Bertz CT molecular complexity index is 601. The highest BCUT2D eigenvalue weighted by Crippen LogP contribution is 2.36. The third kappa shape index (κ3) is 2.51. The lowest BCUT2D eigenvalue weighted by Gasteiger charge is -2.48. The van der Waals surface area contributed by atoms with Crippen LogP contribution in [0.25, 0.3) is 4.96 Å². The van der Waals surface area contributed by atoms with Crippen molar-refractivity contribution in [1.82, 2.24) is 19.6 Å². The van der Waals surface area contributed by atoms with Gasteiger partial charge in [0.2, 0.25) is 0 Å². The molecule has 2 aromatic rings. The molecule has 0 amide bonds. The van der Waals surface area contributed by atoms with Gasteiger partial charge in [0.05, 0.1) is 5.69 Å². The number of nitrogens with zero attached hydrogens (tertiary/aromatic N) is 3. The molecule has 0 spiro atoms. The second-order valence-corrected chi connectivity index (χ2v) is 7.75. The highest BCUT2D eigenvalue weighted by atomic mass is 32.1. The Morgan fingerprint density at radius 2 is 2.33 bits per heavy atom. The minimum atomic E-state index is 0.252. The third-order valence-electron chi connectivity index (χ3n) is 5.37. The lowest BCUT2D eigenvalue weighted by Crippen LogP contribution is -2.63. The van der Waals surface area contributed by atoms with Crippen LogP contribution in [-0.4, -0.2) is 39.0 Å². The summed E-state index contributed by atoms with van der Waals surface area (Å²) in [5, 5.41) is 5.89. The van der Waals surface area contributed by atoms with Crippen molar-refractivity contribution in [3.63, 3.8) is 0 Å². The fourth-order valence-corrected chi connectivity index (χ4v) is 4.17. The molecule has 3 heterocycles. The van der Waals surface area contributed by atoms with Gasteiger partial charge < -0.3 is 5.32 Å². The summed E-state index contributed by atoms with van der Waals surface area (Å²) in [5.41, 5.74) is 1.46. The van der Waals surface area contributed by atoms with Crippen molar-refractivity contribution in [1.29, 1.82) is 0 Å². The SMILES string of the molecule is CCC1(C)CNC(C2CC2)CN1Cc1cn2ccsc2n1. The van der Waals surface area contributed by atoms with Crippen LogP contribution in [0.3, 0.4) is 0 Å². The number of piperazine rings is 1. The van der Waals surface area contributed by atoms with Crippen LogP contribution in [0.1, 0.15) is 38.8 Å². The van der Waals surface area contributed by atoms with E-state index in [9.17, 15) is 0 Å². The summed E-state index contributed by atoms with van der Waals surface area (Å²) in [6.45, 7) is 7.94. The van der Waals surface area contributed by atoms with E-state index in [1.54, 1.807) is 11.3 Å². The number of aromatic nitrogens is 2. The van der Waals surface area contributed by atoms with E-state index < -0.39 is 0 Å². The van der Waals surface area contributed by atoms with Crippen molar-refractivity contribution < 1.29 is 0 Å². The molecule has 0 radical (unpaired) electrons. The van der Waals surface area contributed by atoms with Gasteiger partial charge in [-0.2, -0.15) is 0 Å². The van der Waals surface area contributed by atoms with Gasteiger partial charge >= 0.3 is 0 Å². The first-order valence-electron chi connectivity index (χ1n) is 8.07. The minimum absolute atomic E-state index is 0.252. The predicted molar refractivity (Wildman–Crippen MR) is 86.7 cm³/mol. The smallest absolute Gasteiger partial charge is 0.193 e. The molecule has 0 aromatic carbocycles. The van der Waals surface area contributed by atoms with E-state index in [4.69, 9.17) is 4.98 Å². The topological polar surface area (TPSA) is 32.6 Å². The number of rotatable bonds is 4. The number of fused-ring (bicyclic) bond motifs is 1. The van der Waals surface area contributed by atoms with Gasteiger partial charge in [-0.25, -0.2) is 4.98 Å². The predicted octanol–water partition coefficient (Wildman–Crippen LogP) is 2.75. The molecule has 4 nitrogen and oxygen atoms in total. The molecule has 4 rings (SSSR count). The first-order valence-corrected chi connectivity index (χ1v) is 8.95. The average Bonchev–Trinajstić information content (AvgIpc) is 3.12. The maximum Gasteiger partial charge on any atom is 0.193 e. The first-order chi connectivity index (χ1) is 10.2. The van der Waals surface area contributed by atoms with Crippen LogP contribution in [-0.2, 0) is 6.54 Å². The zero-order chi connectivity index (χ0) is 14.4.